The van der Waals surface area contributed by atoms with Gasteiger partial charge in [-0.15, -0.1) is 0 Å². The maximum atomic E-state index is 14.8. The first-order valence-corrected chi connectivity index (χ1v) is 17.5. The molecule has 0 bridgehead atoms. The first kappa shape index (κ1) is 30.6. The lowest BCUT2D eigenvalue weighted by molar-refractivity contribution is -0.144. The number of carbonyl (C=O) groups excluding carboxylic acids is 1. The summed E-state index contributed by atoms with van der Waals surface area (Å²) >= 11 is 0. The largest absolute Gasteiger partial charge is 0.392 e. The highest BCUT2D eigenvalue weighted by molar-refractivity contribution is 6.18. The van der Waals surface area contributed by atoms with Gasteiger partial charge in [-0.1, -0.05) is 57.7 Å². The van der Waals surface area contributed by atoms with Gasteiger partial charge in [0.2, 0.25) is 0 Å². The lowest BCUT2D eigenvalue weighted by Crippen LogP contribution is -2.62. The number of rotatable bonds is 3. The molecular weight excluding hydrogens is 570 g/mol. The van der Waals surface area contributed by atoms with Crippen molar-refractivity contribution in [1.82, 2.24) is 4.57 Å². The molecule has 0 saturated heterocycles. The minimum absolute atomic E-state index is 0.0609. The van der Waals surface area contributed by atoms with E-state index in [4.69, 9.17) is 4.74 Å². The Morgan fingerprint density at radius 3 is 2.48 bits per heavy atom. The minimum atomic E-state index is -0.824. The number of ketones is 1. The molecule has 244 valence electrons. The monoisotopic (exact) mass is 621 g/mol. The molecule has 9 atom stereocenters. The van der Waals surface area contributed by atoms with Crippen LogP contribution in [0, 0.1) is 28.6 Å². The summed E-state index contributed by atoms with van der Waals surface area (Å²) in [5, 5.41) is 24.8. The maximum Gasteiger partial charge on any atom is 0.192 e. The van der Waals surface area contributed by atoms with E-state index in [0.29, 0.717) is 11.5 Å². The Bertz CT molecular complexity index is 1840. The van der Waals surface area contributed by atoms with Gasteiger partial charge in [-0.05, 0) is 113 Å². The Kier molecular flexibility index (Phi) is 6.01. The molecule has 46 heavy (non-hydrogen) atoms. The molecule has 8 rings (SSSR count). The van der Waals surface area contributed by atoms with Crippen molar-refractivity contribution in [3.05, 3.63) is 77.0 Å². The molecule has 1 aromatic heterocycles. The second-order valence-electron chi connectivity index (χ2n) is 17.4. The number of Topliss-reactive ketones (excluding diaryl/α,β-unsaturated/α-hetero) is 1. The molecule has 2 N–H and O–H groups in total. The number of aliphatic hydroxyl groups excluding tert-OH is 2. The van der Waals surface area contributed by atoms with E-state index in [1.54, 1.807) is 0 Å². The fourth-order valence-corrected chi connectivity index (χ4v) is 12.4. The molecule has 2 fully saturated rings. The van der Waals surface area contributed by atoms with Gasteiger partial charge in [0.15, 0.2) is 5.78 Å². The number of aliphatic hydroxyl groups is 2. The fraction of sp³-hybridized carbons (Fsp3) is 0.585. The molecule has 0 radical (unpaired) electrons. The van der Waals surface area contributed by atoms with Gasteiger partial charge in [0, 0.05) is 33.4 Å². The van der Waals surface area contributed by atoms with Crippen LogP contribution in [0.3, 0.4) is 0 Å². The zero-order valence-corrected chi connectivity index (χ0v) is 29.0. The average molecular weight is 622 g/mol. The van der Waals surface area contributed by atoms with E-state index in [1.807, 2.05) is 19.1 Å². The average Bonchev–Trinajstić information content (AvgIpc) is 3.62. The van der Waals surface area contributed by atoms with Crippen LogP contribution in [0.1, 0.15) is 126 Å². The number of hydrogen-bond donors (Lipinski definition) is 2. The maximum absolute atomic E-state index is 14.8. The first-order valence-electron chi connectivity index (χ1n) is 17.5. The summed E-state index contributed by atoms with van der Waals surface area (Å²) in [4.78, 5) is 14.8. The zero-order valence-electron chi connectivity index (χ0n) is 29.0. The van der Waals surface area contributed by atoms with E-state index in [-0.39, 0.29) is 33.9 Å². The van der Waals surface area contributed by atoms with Gasteiger partial charge < -0.3 is 19.5 Å². The normalized spacial score (nSPS) is 41.2. The molecule has 6 aliphatic rings. The van der Waals surface area contributed by atoms with Crippen LogP contribution < -0.4 is 0 Å². The first-order chi connectivity index (χ1) is 21.4. The number of allylic oxidation sites excluding steroid dienone is 3. The fourth-order valence-electron chi connectivity index (χ4n) is 12.4. The molecule has 0 spiro atoms. The third kappa shape index (κ3) is 3.35. The van der Waals surface area contributed by atoms with Crippen molar-refractivity contribution in [2.24, 2.45) is 28.6 Å². The molecular formula is C41H51NO4. The number of benzene rings is 1. The highest BCUT2D eigenvalue weighted by Crippen LogP contribution is 2.71. The topological polar surface area (TPSA) is 71.7 Å². The Hall–Kier alpha value is -2.73. The Morgan fingerprint density at radius 1 is 1.09 bits per heavy atom. The number of fused-ring (bicyclic) bond motifs is 11. The van der Waals surface area contributed by atoms with Gasteiger partial charge in [-0.25, -0.2) is 0 Å². The lowest BCUT2D eigenvalue weighted by atomic mass is 9.40. The van der Waals surface area contributed by atoms with Crippen LogP contribution >= 0.6 is 0 Å². The van der Waals surface area contributed by atoms with Gasteiger partial charge in [0.25, 0.3) is 0 Å². The summed E-state index contributed by atoms with van der Waals surface area (Å²) in [5.74, 6) is 0.547. The quantitative estimate of drug-likeness (QED) is 0.267. The molecule has 5 nitrogen and oxygen atoms in total. The number of hydrogen-bond acceptors (Lipinski definition) is 4. The van der Waals surface area contributed by atoms with Crippen molar-refractivity contribution in [2.45, 2.75) is 122 Å². The van der Waals surface area contributed by atoms with Crippen LogP contribution in [0.5, 0.6) is 0 Å². The summed E-state index contributed by atoms with van der Waals surface area (Å²) < 4.78 is 8.91. The summed E-state index contributed by atoms with van der Waals surface area (Å²) in [6, 6.07) is 1.84. The van der Waals surface area contributed by atoms with E-state index in [0.717, 1.165) is 59.9 Å². The van der Waals surface area contributed by atoms with E-state index in [2.05, 4.69) is 84.4 Å². The Balaban J connectivity index is 1.42. The van der Waals surface area contributed by atoms with Gasteiger partial charge in [0.1, 0.15) is 6.04 Å². The van der Waals surface area contributed by atoms with Gasteiger partial charge in [0.05, 0.1) is 34.5 Å². The summed E-state index contributed by atoms with van der Waals surface area (Å²) in [6.45, 7) is 25.8. The predicted molar refractivity (Wildman–Crippen MR) is 184 cm³/mol. The number of aromatic nitrogens is 1. The molecule has 2 aliphatic heterocycles. The van der Waals surface area contributed by atoms with Gasteiger partial charge in [-0.3, -0.25) is 4.79 Å². The summed E-state index contributed by atoms with van der Waals surface area (Å²) in [7, 11) is 0. The van der Waals surface area contributed by atoms with Crippen molar-refractivity contribution >= 4 is 22.3 Å². The van der Waals surface area contributed by atoms with E-state index in [9.17, 15) is 15.0 Å². The molecule has 4 aliphatic carbocycles. The number of carbonyl (C=O) groups is 1. The smallest absolute Gasteiger partial charge is 0.192 e. The van der Waals surface area contributed by atoms with Crippen molar-refractivity contribution in [3.63, 3.8) is 0 Å². The van der Waals surface area contributed by atoms with E-state index in [1.165, 1.54) is 16.6 Å². The van der Waals surface area contributed by atoms with Crippen molar-refractivity contribution in [2.75, 3.05) is 0 Å². The van der Waals surface area contributed by atoms with Crippen LogP contribution in [0.2, 0.25) is 0 Å². The second kappa shape index (κ2) is 9.03. The predicted octanol–water partition coefficient (Wildman–Crippen LogP) is 8.34. The molecule has 2 saturated carbocycles. The van der Waals surface area contributed by atoms with Crippen LogP contribution in [-0.4, -0.2) is 37.9 Å². The molecule has 1 aromatic carbocycles. The van der Waals surface area contributed by atoms with Crippen molar-refractivity contribution < 1.29 is 19.7 Å². The third-order valence-electron chi connectivity index (χ3n) is 14.2. The van der Waals surface area contributed by atoms with E-state index < -0.39 is 29.5 Å². The highest BCUT2D eigenvalue weighted by Gasteiger charge is 2.67. The van der Waals surface area contributed by atoms with Gasteiger partial charge >= 0.3 is 0 Å². The van der Waals surface area contributed by atoms with Crippen LogP contribution in [-0.2, 0) is 16.6 Å². The van der Waals surface area contributed by atoms with Crippen molar-refractivity contribution in [3.8, 4) is 0 Å². The SMILES string of the molecule is C=C/C=C/[C@]1(C)[C@@H](O)CC[C@@]2(C)[C@H]1CCC1Cc3c(n4c5c(c6c(cc35)C3=CC(C)(C)OC(C)(C)C3[C@@H]6O)C(=O)[C@@H]4C(=C)C)[C@@]12C. The molecule has 5 heteroatoms. The molecule has 0 amide bonds. The van der Waals surface area contributed by atoms with Gasteiger partial charge in [-0.2, -0.15) is 0 Å². The van der Waals surface area contributed by atoms with Crippen LogP contribution in [0.4, 0.5) is 0 Å². The van der Waals surface area contributed by atoms with E-state index >= 15 is 0 Å². The van der Waals surface area contributed by atoms with Crippen LogP contribution in [0.15, 0.2) is 49.1 Å². The summed E-state index contributed by atoms with van der Waals surface area (Å²) in [6.07, 6.45) is 11.8. The second-order valence-corrected chi connectivity index (χ2v) is 17.4. The minimum Gasteiger partial charge on any atom is -0.392 e. The lowest BCUT2D eigenvalue weighted by Gasteiger charge is -2.64. The number of ether oxygens (including phenoxy) is 1. The molecule has 3 heterocycles. The summed E-state index contributed by atoms with van der Waals surface area (Å²) in [5.41, 5.74) is 6.38. The molecule has 2 unspecified atom stereocenters. The number of nitrogens with zero attached hydrogens (tertiary/aromatic N) is 1. The van der Waals surface area contributed by atoms with Crippen molar-refractivity contribution in [1.29, 1.82) is 0 Å². The van der Waals surface area contributed by atoms with Crippen LogP contribution in [0.25, 0.3) is 16.5 Å². The third-order valence-corrected chi connectivity index (χ3v) is 14.2. The Morgan fingerprint density at radius 2 is 1.80 bits per heavy atom. The molecule has 2 aromatic rings. The Labute approximate surface area is 274 Å². The standard InChI is InChI=1S/C41H51NO4/c1-11-12-16-39(8)27-14-13-22-18-25-24-19-23-26-20-37(4,5)46-38(6,7)31(26)34(44)29(23)30-33(24)42(32(21(2)3)35(30)45)36(25)41(22,10)40(27,9)17-15-28(39)43/h11-12,16,19-20,22,27-28,31-32,34,43-44H,1-2,13-15,17-18H2,3-10H3/b16-12+/t22?,27-,28-,31?,32-,34+,39-,40-,41+/m0/s1. The zero-order chi connectivity index (χ0) is 33.1. The highest BCUT2D eigenvalue weighted by atomic mass is 16.5.